The largest absolute Gasteiger partial charge is 0.324 e. The van der Waals surface area contributed by atoms with Gasteiger partial charge in [0, 0.05) is 11.4 Å². The smallest absolute Gasteiger partial charge is 0.125 e. The molecule has 0 saturated heterocycles. The van der Waals surface area contributed by atoms with Crippen molar-refractivity contribution >= 4 is 33.5 Å². The van der Waals surface area contributed by atoms with Gasteiger partial charge in [-0.1, -0.05) is 25.1 Å². The molecule has 19 heavy (non-hydrogen) atoms. The second-order valence-electron chi connectivity index (χ2n) is 4.80. The number of alkyl halides is 1. The van der Waals surface area contributed by atoms with Gasteiger partial charge >= 0.3 is 0 Å². The van der Waals surface area contributed by atoms with Crippen molar-refractivity contribution in [1.29, 1.82) is 0 Å². The predicted octanol–water partition coefficient (Wildman–Crippen LogP) is 4.29. The van der Waals surface area contributed by atoms with Crippen LogP contribution in [0.1, 0.15) is 32.1 Å². The number of imidazole rings is 1. The van der Waals surface area contributed by atoms with E-state index in [2.05, 4.69) is 34.4 Å². The Morgan fingerprint density at radius 2 is 2.05 bits per heavy atom. The van der Waals surface area contributed by atoms with E-state index in [-0.39, 0.29) is 0 Å². The van der Waals surface area contributed by atoms with E-state index in [1.54, 1.807) is 0 Å². The molecule has 0 amide bonds. The molecule has 1 unspecified atom stereocenters. The van der Waals surface area contributed by atoms with Crippen molar-refractivity contribution in [1.82, 2.24) is 14.5 Å². The number of hydrogen-bond donors (Lipinski definition) is 0. The summed E-state index contributed by atoms with van der Waals surface area (Å²) < 4.78 is 2.26. The van der Waals surface area contributed by atoms with Crippen LogP contribution in [0.25, 0.3) is 21.9 Å². The van der Waals surface area contributed by atoms with E-state index >= 15 is 0 Å². The molecule has 1 aromatic carbocycles. The number of benzene rings is 1. The lowest BCUT2D eigenvalue weighted by Crippen LogP contribution is -2.07. The fraction of sp³-hybridized carbons (Fsp3) is 0.333. The zero-order chi connectivity index (χ0) is 13.4. The van der Waals surface area contributed by atoms with Gasteiger partial charge in [-0.3, -0.25) is 4.98 Å². The summed E-state index contributed by atoms with van der Waals surface area (Å²) in [5.41, 5.74) is 3.07. The summed E-state index contributed by atoms with van der Waals surface area (Å²) in [6, 6.07) is 8.56. The van der Waals surface area contributed by atoms with Crippen LogP contribution in [-0.4, -0.2) is 14.5 Å². The third-order valence-corrected chi connectivity index (χ3v) is 3.89. The first-order valence-electron chi connectivity index (χ1n) is 6.56. The first-order chi connectivity index (χ1) is 9.26. The molecule has 0 fully saturated rings. The first kappa shape index (κ1) is 12.4. The molecule has 0 aliphatic rings. The standard InChI is InChI=1S/C15H16ClN3/c1-3-10(2)19-14(8-16)18-13-9-17-12-7-5-4-6-11(12)15(13)19/h4-7,9-10H,3,8H2,1-2H3. The van der Waals surface area contributed by atoms with E-state index in [0.717, 1.165) is 34.2 Å². The SMILES string of the molecule is CCC(C)n1c(CCl)nc2cnc3ccccc3c21. The molecule has 0 aliphatic carbocycles. The number of rotatable bonds is 3. The molecule has 1 atom stereocenters. The fourth-order valence-corrected chi connectivity index (χ4v) is 2.71. The van der Waals surface area contributed by atoms with Crippen LogP contribution >= 0.6 is 11.6 Å². The lowest BCUT2D eigenvalue weighted by Gasteiger charge is -2.15. The summed E-state index contributed by atoms with van der Waals surface area (Å²) in [7, 11) is 0. The second kappa shape index (κ2) is 4.82. The number of nitrogens with zero attached hydrogens (tertiary/aromatic N) is 3. The van der Waals surface area contributed by atoms with Gasteiger partial charge in [0.05, 0.1) is 23.1 Å². The fourth-order valence-electron chi connectivity index (χ4n) is 2.52. The Hall–Kier alpha value is -1.61. The molecule has 0 aliphatic heterocycles. The van der Waals surface area contributed by atoms with E-state index in [0.29, 0.717) is 11.9 Å². The Kier molecular flexibility index (Phi) is 3.15. The first-order valence-corrected chi connectivity index (χ1v) is 7.10. The maximum atomic E-state index is 6.05. The Labute approximate surface area is 117 Å². The van der Waals surface area contributed by atoms with Gasteiger partial charge in [-0.05, 0) is 19.4 Å². The average molecular weight is 274 g/mol. The highest BCUT2D eigenvalue weighted by Crippen LogP contribution is 2.29. The Morgan fingerprint density at radius 3 is 2.79 bits per heavy atom. The molecular weight excluding hydrogens is 258 g/mol. The van der Waals surface area contributed by atoms with Crippen molar-refractivity contribution in [2.75, 3.05) is 0 Å². The molecule has 2 aromatic heterocycles. The summed E-state index contributed by atoms with van der Waals surface area (Å²) in [5, 5.41) is 1.14. The number of aromatic nitrogens is 3. The lowest BCUT2D eigenvalue weighted by atomic mass is 10.1. The van der Waals surface area contributed by atoms with Crippen LogP contribution in [-0.2, 0) is 5.88 Å². The van der Waals surface area contributed by atoms with Crippen molar-refractivity contribution in [3.8, 4) is 0 Å². The van der Waals surface area contributed by atoms with Gasteiger partial charge in [-0.2, -0.15) is 0 Å². The molecule has 4 heteroatoms. The number of fused-ring (bicyclic) bond motifs is 3. The van der Waals surface area contributed by atoms with Crippen molar-refractivity contribution in [2.45, 2.75) is 32.2 Å². The van der Waals surface area contributed by atoms with Crippen LogP contribution in [0.5, 0.6) is 0 Å². The molecular formula is C15H16ClN3. The Balaban J connectivity index is 2.45. The van der Waals surface area contributed by atoms with Crippen LogP contribution in [0, 0.1) is 0 Å². The number of halogens is 1. The third-order valence-electron chi connectivity index (χ3n) is 3.65. The maximum absolute atomic E-state index is 6.05. The molecule has 3 rings (SSSR count). The molecule has 0 N–H and O–H groups in total. The van der Waals surface area contributed by atoms with Gasteiger partial charge in [0.15, 0.2) is 0 Å². The minimum Gasteiger partial charge on any atom is -0.324 e. The second-order valence-corrected chi connectivity index (χ2v) is 5.07. The zero-order valence-electron chi connectivity index (χ0n) is 11.1. The van der Waals surface area contributed by atoms with Gasteiger partial charge < -0.3 is 4.57 Å². The van der Waals surface area contributed by atoms with E-state index in [4.69, 9.17) is 11.6 Å². The van der Waals surface area contributed by atoms with E-state index in [9.17, 15) is 0 Å². The third kappa shape index (κ3) is 1.89. The monoisotopic (exact) mass is 273 g/mol. The summed E-state index contributed by atoms with van der Waals surface area (Å²) in [6.07, 6.45) is 2.89. The van der Waals surface area contributed by atoms with Crippen molar-refractivity contribution < 1.29 is 0 Å². The number of hydrogen-bond acceptors (Lipinski definition) is 2. The van der Waals surface area contributed by atoms with Gasteiger partial charge in [0.2, 0.25) is 0 Å². The normalized spacial score (nSPS) is 13.2. The molecule has 98 valence electrons. The molecule has 3 nitrogen and oxygen atoms in total. The highest BCUT2D eigenvalue weighted by Gasteiger charge is 2.16. The van der Waals surface area contributed by atoms with Crippen molar-refractivity contribution in [2.24, 2.45) is 0 Å². The number of pyridine rings is 1. The topological polar surface area (TPSA) is 30.7 Å². The van der Waals surface area contributed by atoms with Gasteiger partial charge in [-0.15, -0.1) is 11.6 Å². The Morgan fingerprint density at radius 1 is 1.26 bits per heavy atom. The summed E-state index contributed by atoms with van der Waals surface area (Å²) in [5.74, 6) is 1.34. The van der Waals surface area contributed by atoms with Gasteiger partial charge in [-0.25, -0.2) is 4.98 Å². The summed E-state index contributed by atoms with van der Waals surface area (Å²) in [6.45, 7) is 4.38. The zero-order valence-corrected chi connectivity index (χ0v) is 11.9. The van der Waals surface area contributed by atoms with Crippen LogP contribution in [0.2, 0.25) is 0 Å². The maximum Gasteiger partial charge on any atom is 0.125 e. The van der Waals surface area contributed by atoms with Crippen LogP contribution in [0.3, 0.4) is 0 Å². The lowest BCUT2D eigenvalue weighted by molar-refractivity contribution is 0.531. The quantitative estimate of drug-likeness (QED) is 0.666. The molecule has 0 radical (unpaired) electrons. The van der Waals surface area contributed by atoms with E-state index < -0.39 is 0 Å². The van der Waals surface area contributed by atoms with Crippen molar-refractivity contribution in [3.05, 3.63) is 36.3 Å². The summed E-state index contributed by atoms with van der Waals surface area (Å²) in [4.78, 5) is 9.08. The number of para-hydroxylation sites is 1. The highest BCUT2D eigenvalue weighted by atomic mass is 35.5. The predicted molar refractivity (Wildman–Crippen MR) is 79.6 cm³/mol. The minimum atomic E-state index is 0.379. The molecule has 2 heterocycles. The van der Waals surface area contributed by atoms with E-state index in [1.165, 1.54) is 0 Å². The molecule has 0 spiro atoms. The van der Waals surface area contributed by atoms with Crippen LogP contribution < -0.4 is 0 Å². The molecule has 0 saturated carbocycles. The minimum absolute atomic E-state index is 0.379. The van der Waals surface area contributed by atoms with E-state index in [1.807, 2.05) is 24.4 Å². The molecule has 0 bridgehead atoms. The Bertz CT molecular complexity index is 733. The van der Waals surface area contributed by atoms with Crippen LogP contribution in [0.15, 0.2) is 30.5 Å². The molecule has 3 aromatic rings. The average Bonchev–Trinajstić information content (AvgIpc) is 2.85. The van der Waals surface area contributed by atoms with Crippen LogP contribution in [0.4, 0.5) is 0 Å². The van der Waals surface area contributed by atoms with Gasteiger partial charge in [0.1, 0.15) is 11.3 Å². The van der Waals surface area contributed by atoms with Gasteiger partial charge in [0.25, 0.3) is 0 Å². The highest BCUT2D eigenvalue weighted by molar-refractivity contribution is 6.17. The van der Waals surface area contributed by atoms with Crippen molar-refractivity contribution in [3.63, 3.8) is 0 Å². The summed E-state index contributed by atoms with van der Waals surface area (Å²) >= 11 is 6.05.